The first kappa shape index (κ1) is 20.9. The van der Waals surface area contributed by atoms with Crippen LogP contribution in [0.5, 0.6) is 0 Å². The Hall–Kier alpha value is -0.0951. The van der Waals surface area contributed by atoms with Gasteiger partial charge in [-0.05, 0) is 13.0 Å². The molecule has 0 aliphatic rings. The van der Waals surface area contributed by atoms with Gasteiger partial charge in [0, 0.05) is 0 Å². The van der Waals surface area contributed by atoms with Crippen LogP contribution in [0.3, 0.4) is 0 Å². The molecule has 0 amide bonds. The third-order valence-corrected chi connectivity index (χ3v) is 3.79. The molecule has 4 nitrogen and oxygen atoms in total. The molecular weight excluding hydrogens is 265 g/mol. The summed E-state index contributed by atoms with van der Waals surface area (Å²) in [4.78, 5) is 0. The number of hydrogen-bond acceptors (Lipinski definition) is 4. The predicted octanol–water partition coefficient (Wildman–Crippen LogP) is 3.61. The maximum Gasteiger partial charge on any atom is 0.634 e. The van der Waals surface area contributed by atoms with E-state index in [1.54, 1.807) is 0 Å². The van der Waals surface area contributed by atoms with Crippen molar-refractivity contribution in [2.75, 3.05) is 13.3 Å². The molecule has 0 aromatic heterocycles. The van der Waals surface area contributed by atoms with Gasteiger partial charge in [0.15, 0.2) is 0 Å². The van der Waals surface area contributed by atoms with Crippen LogP contribution in [-0.2, 0) is 4.65 Å². The molecule has 0 aromatic carbocycles. The topological polar surface area (TPSA) is 61.7 Å². The third kappa shape index (κ3) is 19.9. The molecule has 0 saturated heterocycles. The average Bonchev–Trinajstić information content (AvgIpc) is 2.46. The van der Waals surface area contributed by atoms with Crippen molar-refractivity contribution < 1.29 is 14.7 Å². The van der Waals surface area contributed by atoms with Crippen LogP contribution >= 0.6 is 0 Å². The van der Waals surface area contributed by atoms with E-state index in [1.165, 1.54) is 77.0 Å². The Morgan fingerprint density at radius 2 is 1.14 bits per heavy atom. The third-order valence-electron chi connectivity index (χ3n) is 3.79. The van der Waals surface area contributed by atoms with Gasteiger partial charge in [-0.25, -0.2) is 0 Å². The standard InChI is InChI=1S/C16H36BNO3/c1-2-3-4-5-6-7-8-9-10-11-12-13-14-15-18-16-21-17(19)20/h18-20H,2-16H2,1H3. The minimum absolute atomic E-state index is 0.204. The molecule has 0 aliphatic carbocycles. The zero-order valence-corrected chi connectivity index (χ0v) is 14.0. The minimum Gasteiger partial charge on any atom is -0.402 e. The molecule has 0 saturated carbocycles. The summed E-state index contributed by atoms with van der Waals surface area (Å²) in [5, 5.41) is 19.9. The summed E-state index contributed by atoms with van der Waals surface area (Å²) in [6, 6.07) is 0. The Labute approximate surface area is 131 Å². The highest BCUT2D eigenvalue weighted by Gasteiger charge is 2.05. The summed E-state index contributed by atoms with van der Waals surface area (Å²) < 4.78 is 4.56. The van der Waals surface area contributed by atoms with Crippen molar-refractivity contribution in [1.82, 2.24) is 5.32 Å². The highest BCUT2D eigenvalue weighted by molar-refractivity contribution is 6.32. The first-order valence-electron chi connectivity index (χ1n) is 8.95. The van der Waals surface area contributed by atoms with Crippen LogP contribution in [0.15, 0.2) is 0 Å². The van der Waals surface area contributed by atoms with Crippen LogP contribution in [-0.4, -0.2) is 30.6 Å². The highest BCUT2D eigenvalue weighted by atomic mass is 16.6. The highest BCUT2D eigenvalue weighted by Crippen LogP contribution is 2.12. The van der Waals surface area contributed by atoms with Gasteiger partial charge in [0.2, 0.25) is 0 Å². The van der Waals surface area contributed by atoms with E-state index in [4.69, 9.17) is 10.0 Å². The lowest BCUT2D eigenvalue weighted by Gasteiger charge is -2.05. The van der Waals surface area contributed by atoms with E-state index in [0.717, 1.165) is 13.0 Å². The summed E-state index contributed by atoms with van der Waals surface area (Å²) in [5.74, 6) is 0. The number of unbranched alkanes of at least 4 members (excludes halogenated alkanes) is 12. The Balaban J connectivity index is 2.93. The number of rotatable bonds is 17. The van der Waals surface area contributed by atoms with Gasteiger partial charge in [0.1, 0.15) is 0 Å². The van der Waals surface area contributed by atoms with Crippen LogP contribution in [0.4, 0.5) is 0 Å². The Morgan fingerprint density at radius 3 is 1.57 bits per heavy atom. The van der Waals surface area contributed by atoms with Gasteiger partial charge >= 0.3 is 7.32 Å². The fourth-order valence-electron chi connectivity index (χ4n) is 2.47. The number of hydrogen-bond donors (Lipinski definition) is 3. The van der Waals surface area contributed by atoms with Gasteiger partial charge in [-0.2, -0.15) is 0 Å². The molecule has 0 fully saturated rings. The van der Waals surface area contributed by atoms with E-state index in [1.807, 2.05) is 0 Å². The second-order valence-electron chi connectivity index (χ2n) is 5.88. The summed E-state index contributed by atoms with van der Waals surface area (Å²) in [7, 11) is -1.66. The fraction of sp³-hybridized carbons (Fsp3) is 1.00. The molecule has 0 rings (SSSR count). The molecule has 21 heavy (non-hydrogen) atoms. The molecule has 0 aromatic rings. The smallest absolute Gasteiger partial charge is 0.402 e. The molecule has 0 aliphatic heterocycles. The normalized spacial score (nSPS) is 11.0. The van der Waals surface area contributed by atoms with Gasteiger partial charge in [0.25, 0.3) is 0 Å². The second kappa shape index (κ2) is 18.0. The van der Waals surface area contributed by atoms with Crippen LogP contribution in [0, 0.1) is 0 Å². The Kier molecular flexibility index (Phi) is 17.9. The van der Waals surface area contributed by atoms with Gasteiger partial charge in [-0.15, -0.1) is 0 Å². The van der Waals surface area contributed by atoms with Crippen LogP contribution < -0.4 is 5.32 Å². The molecular formula is C16H36BNO3. The molecule has 5 heteroatoms. The van der Waals surface area contributed by atoms with Crippen molar-refractivity contribution in [3.05, 3.63) is 0 Å². The SMILES string of the molecule is CCCCCCCCCCCCCCCNCOB(O)O. The van der Waals surface area contributed by atoms with E-state index in [-0.39, 0.29) is 6.73 Å². The summed E-state index contributed by atoms with van der Waals surface area (Å²) in [6.45, 7) is 3.35. The van der Waals surface area contributed by atoms with Crippen molar-refractivity contribution >= 4 is 7.32 Å². The zero-order valence-electron chi connectivity index (χ0n) is 14.0. The lowest BCUT2D eigenvalue weighted by Crippen LogP contribution is -2.26. The molecule has 0 spiro atoms. The predicted molar refractivity (Wildman–Crippen MR) is 89.8 cm³/mol. The van der Waals surface area contributed by atoms with Gasteiger partial charge in [-0.3, -0.25) is 5.32 Å². The molecule has 0 atom stereocenters. The monoisotopic (exact) mass is 301 g/mol. The van der Waals surface area contributed by atoms with Crippen molar-refractivity contribution in [3.8, 4) is 0 Å². The van der Waals surface area contributed by atoms with Crippen LogP contribution in [0.1, 0.15) is 90.4 Å². The molecule has 3 N–H and O–H groups in total. The van der Waals surface area contributed by atoms with E-state index in [9.17, 15) is 0 Å². The fourth-order valence-corrected chi connectivity index (χ4v) is 2.47. The second-order valence-corrected chi connectivity index (χ2v) is 5.88. The molecule has 126 valence electrons. The largest absolute Gasteiger partial charge is 0.634 e. The van der Waals surface area contributed by atoms with Crippen LogP contribution in [0.2, 0.25) is 0 Å². The van der Waals surface area contributed by atoms with Gasteiger partial charge in [0.05, 0.1) is 6.73 Å². The van der Waals surface area contributed by atoms with Crippen LogP contribution in [0.25, 0.3) is 0 Å². The van der Waals surface area contributed by atoms with Gasteiger partial charge < -0.3 is 14.7 Å². The first-order valence-corrected chi connectivity index (χ1v) is 8.95. The van der Waals surface area contributed by atoms with Crippen molar-refractivity contribution in [2.45, 2.75) is 90.4 Å². The quantitative estimate of drug-likeness (QED) is 0.218. The van der Waals surface area contributed by atoms with Gasteiger partial charge in [-0.1, -0.05) is 84.0 Å². The van der Waals surface area contributed by atoms with E-state index < -0.39 is 7.32 Å². The van der Waals surface area contributed by atoms with E-state index >= 15 is 0 Å². The minimum atomic E-state index is -1.66. The van der Waals surface area contributed by atoms with Crippen molar-refractivity contribution in [2.24, 2.45) is 0 Å². The van der Waals surface area contributed by atoms with Crippen molar-refractivity contribution in [1.29, 1.82) is 0 Å². The summed E-state index contributed by atoms with van der Waals surface area (Å²) in [5.41, 5.74) is 0. The average molecular weight is 301 g/mol. The first-order chi connectivity index (χ1) is 10.3. The maximum atomic E-state index is 8.46. The van der Waals surface area contributed by atoms with E-state index in [2.05, 4.69) is 16.9 Å². The summed E-state index contributed by atoms with van der Waals surface area (Å²) >= 11 is 0. The Morgan fingerprint density at radius 1 is 0.714 bits per heavy atom. The lowest BCUT2D eigenvalue weighted by molar-refractivity contribution is 0.171. The number of nitrogens with one attached hydrogen (secondary N) is 1. The molecule has 0 heterocycles. The van der Waals surface area contributed by atoms with Crippen molar-refractivity contribution in [3.63, 3.8) is 0 Å². The van der Waals surface area contributed by atoms with E-state index in [0.29, 0.717) is 0 Å². The maximum absolute atomic E-state index is 8.46. The molecule has 0 radical (unpaired) electrons. The Bertz CT molecular complexity index is 194. The molecule has 0 unspecified atom stereocenters. The molecule has 0 bridgehead atoms. The lowest BCUT2D eigenvalue weighted by atomic mass is 10.0. The summed E-state index contributed by atoms with van der Waals surface area (Å²) in [6.07, 6.45) is 17.7. The zero-order chi connectivity index (χ0) is 15.6.